The lowest BCUT2D eigenvalue weighted by atomic mass is 10.0. The second-order valence-electron chi connectivity index (χ2n) is 9.18. The van der Waals surface area contributed by atoms with Crippen LogP contribution < -0.4 is 0 Å². The van der Waals surface area contributed by atoms with E-state index in [1.165, 1.54) is 108 Å². The first-order chi connectivity index (χ1) is 14.8. The van der Waals surface area contributed by atoms with Gasteiger partial charge in [-0.3, -0.25) is 0 Å². The van der Waals surface area contributed by atoms with Crippen molar-refractivity contribution in [1.82, 2.24) is 9.80 Å². The highest BCUT2D eigenvalue weighted by Crippen LogP contribution is 2.22. The zero-order chi connectivity index (χ0) is 21.3. The summed E-state index contributed by atoms with van der Waals surface area (Å²) < 4.78 is 0. The molecule has 0 fully saturated rings. The van der Waals surface area contributed by atoms with Crippen molar-refractivity contribution in [3.05, 3.63) is 48.3 Å². The molecule has 0 amide bonds. The second kappa shape index (κ2) is 16.3. The van der Waals surface area contributed by atoms with Gasteiger partial charge in [0.1, 0.15) is 6.17 Å². The summed E-state index contributed by atoms with van der Waals surface area (Å²) in [6, 6.07) is 10.8. The van der Waals surface area contributed by atoms with Gasteiger partial charge in [-0.25, -0.2) is 0 Å². The third-order valence-corrected chi connectivity index (χ3v) is 6.56. The van der Waals surface area contributed by atoms with Gasteiger partial charge in [-0.2, -0.15) is 0 Å². The van der Waals surface area contributed by atoms with Crippen LogP contribution >= 0.6 is 0 Å². The molecule has 1 aromatic rings. The van der Waals surface area contributed by atoms with Crippen molar-refractivity contribution in [2.45, 2.75) is 123 Å². The third-order valence-electron chi connectivity index (χ3n) is 6.56. The van der Waals surface area contributed by atoms with Gasteiger partial charge < -0.3 is 9.80 Å². The lowest BCUT2D eigenvalue weighted by molar-refractivity contribution is 0.140. The second-order valence-corrected chi connectivity index (χ2v) is 9.18. The van der Waals surface area contributed by atoms with E-state index in [2.05, 4.69) is 66.4 Å². The lowest BCUT2D eigenvalue weighted by Crippen LogP contribution is -2.38. The molecular weight excluding hydrogens is 364 g/mol. The van der Waals surface area contributed by atoms with Gasteiger partial charge in [-0.15, -0.1) is 0 Å². The Labute approximate surface area is 187 Å². The Morgan fingerprint density at radius 3 is 1.63 bits per heavy atom. The van der Waals surface area contributed by atoms with E-state index in [1.54, 1.807) is 0 Å². The summed E-state index contributed by atoms with van der Waals surface area (Å²) in [4.78, 5) is 5.06. The Morgan fingerprint density at radius 1 is 0.600 bits per heavy atom. The van der Waals surface area contributed by atoms with Gasteiger partial charge in [0.25, 0.3) is 0 Å². The smallest absolute Gasteiger partial charge is 0.101 e. The molecule has 170 valence electrons. The normalized spacial score (nSPS) is 16.0. The first-order valence-electron chi connectivity index (χ1n) is 13.1. The Hall–Kier alpha value is -1.44. The summed E-state index contributed by atoms with van der Waals surface area (Å²) in [5.74, 6) is 0. The van der Waals surface area contributed by atoms with Crippen LogP contribution in [0, 0.1) is 0 Å². The predicted molar refractivity (Wildman–Crippen MR) is 132 cm³/mol. The van der Waals surface area contributed by atoms with Gasteiger partial charge >= 0.3 is 0 Å². The summed E-state index contributed by atoms with van der Waals surface area (Å²) >= 11 is 0. The van der Waals surface area contributed by atoms with Crippen LogP contribution in [-0.2, 0) is 6.54 Å². The number of hydrogen-bond donors (Lipinski definition) is 0. The van der Waals surface area contributed by atoms with Crippen molar-refractivity contribution in [3.8, 4) is 0 Å². The van der Waals surface area contributed by atoms with Crippen molar-refractivity contribution in [3.63, 3.8) is 0 Å². The standard InChI is InChI=1S/C28H48N2/c1-3-5-6-7-8-9-10-11-12-13-14-15-16-20-23-29-24-25-30(28(29)4-2)26-27-21-18-17-19-22-27/h17-19,21-22,24-25,28H,3-16,20,23,26H2,1-2H3. The molecule has 0 N–H and O–H groups in total. The number of rotatable bonds is 18. The fourth-order valence-electron chi connectivity index (χ4n) is 4.69. The zero-order valence-electron chi connectivity index (χ0n) is 20.0. The van der Waals surface area contributed by atoms with E-state index < -0.39 is 0 Å². The van der Waals surface area contributed by atoms with Gasteiger partial charge in [0, 0.05) is 25.5 Å². The van der Waals surface area contributed by atoms with E-state index in [0.717, 1.165) is 6.54 Å². The summed E-state index contributed by atoms with van der Waals surface area (Å²) in [5.41, 5.74) is 1.40. The molecular formula is C28H48N2. The minimum atomic E-state index is 0.534. The van der Waals surface area contributed by atoms with Crippen LogP contribution in [0.3, 0.4) is 0 Å². The molecule has 1 heterocycles. The van der Waals surface area contributed by atoms with Crippen LogP contribution in [0.15, 0.2) is 42.7 Å². The molecule has 0 saturated heterocycles. The summed E-state index contributed by atoms with van der Waals surface area (Å²) in [6.07, 6.45) is 26.4. The Kier molecular flexibility index (Phi) is 13.5. The average molecular weight is 413 g/mol. The number of benzene rings is 1. The monoisotopic (exact) mass is 412 g/mol. The first kappa shape index (κ1) is 24.8. The minimum absolute atomic E-state index is 0.534. The molecule has 1 unspecified atom stereocenters. The zero-order valence-corrected chi connectivity index (χ0v) is 20.0. The van der Waals surface area contributed by atoms with E-state index in [1.807, 2.05) is 0 Å². The summed E-state index contributed by atoms with van der Waals surface area (Å²) in [6.45, 7) is 6.84. The van der Waals surface area contributed by atoms with Crippen LogP contribution in [0.1, 0.15) is 116 Å². The fraction of sp³-hybridized carbons (Fsp3) is 0.714. The van der Waals surface area contributed by atoms with E-state index in [-0.39, 0.29) is 0 Å². The van der Waals surface area contributed by atoms with Gasteiger partial charge in [-0.1, -0.05) is 128 Å². The molecule has 1 atom stereocenters. The maximum Gasteiger partial charge on any atom is 0.101 e. The molecule has 0 bridgehead atoms. The van der Waals surface area contributed by atoms with Gasteiger partial charge in [-0.05, 0) is 18.4 Å². The highest BCUT2D eigenvalue weighted by atomic mass is 15.4. The van der Waals surface area contributed by atoms with Gasteiger partial charge in [0.15, 0.2) is 0 Å². The van der Waals surface area contributed by atoms with Crippen molar-refractivity contribution in [2.75, 3.05) is 6.54 Å². The number of hydrogen-bond acceptors (Lipinski definition) is 2. The third kappa shape index (κ3) is 10.0. The van der Waals surface area contributed by atoms with Crippen LogP contribution in [-0.4, -0.2) is 22.5 Å². The first-order valence-corrected chi connectivity index (χ1v) is 13.1. The number of nitrogens with zero attached hydrogens (tertiary/aromatic N) is 2. The predicted octanol–water partition coefficient (Wildman–Crippen LogP) is 8.49. The molecule has 1 aliphatic heterocycles. The average Bonchev–Trinajstić information content (AvgIpc) is 3.16. The lowest BCUT2D eigenvalue weighted by Gasteiger charge is -2.32. The van der Waals surface area contributed by atoms with Crippen molar-refractivity contribution in [1.29, 1.82) is 0 Å². The van der Waals surface area contributed by atoms with Crippen molar-refractivity contribution >= 4 is 0 Å². The highest BCUT2D eigenvalue weighted by Gasteiger charge is 2.23. The van der Waals surface area contributed by atoms with Gasteiger partial charge in [0.2, 0.25) is 0 Å². The summed E-state index contributed by atoms with van der Waals surface area (Å²) in [5, 5.41) is 0. The molecule has 2 nitrogen and oxygen atoms in total. The van der Waals surface area contributed by atoms with Crippen LogP contribution in [0.4, 0.5) is 0 Å². The molecule has 0 aromatic heterocycles. The summed E-state index contributed by atoms with van der Waals surface area (Å²) in [7, 11) is 0. The van der Waals surface area contributed by atoms with Crippen LogP contribution in [0.2, 0.25) is 0 Å². The molecule has 1 aliphatic rings. The molecule has 2 rings (SSSR count). The van der Waals surface area contributed by atoms with Crippen LogP contribution in [0.25, 0.3) is 0 Å². The Balaban J connectivity index is 1.44. The molecule has 0 aliphatic carbocycles. The van der Waals surface area contributed by atoms with Crippen molar-refractivity contribution in [2.24, 2.45) is 0 Å². The quantitative estimate of drug-likeness (QED) is 0.223. The molecule has 0 saturated carbocycles. The maximum absolute atomic E-state index is 2.56. The van der Waals surface area contributed by atoms with E-state index in [9.17, 15) is 0 Å². The minimum Gasteiger partial charge on any atom is -0.356 e. The van der Waals surface area contributed by atoms with Crippen molar-refractivity contribution < 1.29 is 0 Å². The SMILES string of the molecule is CCCCCCCCCCCCCCCCN1C=CN(Cc2ccccc2)C1CC. The Morgan fingerprint density at radius 2 is 1.10 bits per heavy atom. The highest BCUT2D eigenvalue weighted by molar-refractivity contribution is 5.15. The largest absolute Gasteiger partial charge is 0.356 e. The fourth-order valence-corrected chi connectivity index (χ4v) is 4.69. The van der Waals surface area contributed by atoms with E-state index >= 15 is 0 Å². The van der Waals surface area contributed by atoms with Gasteiger partial charge in [0.05, 0.1) is 0 Å². The van der Waals surface area contributed by atoms with E-state index in [0.29, 0.717) is 6.17 Å². The molecule has 1 aromatic carbocycles. The Bertz CT molecular complexity index is 539. The molecule has 0 spiro atoms. The maximum atomic E-state index is 2.56. The molecule has 0 radical (unpaired) electrons. The molecule has 30 heavy (non-hydrogen) atoms. The van der Waals surface area contributed by atoms with Crippen LogP contribution in [0.5, 0.6) is 0 Å². The van der Waals surface area contributed by atoms with E-state index in [4.69, 9.17) is 0 Å². The number of unbranched alkanes of at least 4 members (excludes halogenated alkanes) is 13. The molecule has 2 heteroatoms. The topological polar surface area (TPSA) is 6.48 Å².